The van der Waals surface area contributed by atoms with Gasteiger partial charge in [-0.3, -0.25) is 14.6 Å². The Balaban J connectivity index is 1.34. The van der Waals surface area contributed by atoms with Gasteiger partial charge in [0.1, 0.15) is 17.5 Å². The highest BCUT2D eigenvalue weighted by atomic mass is 19.1. The number of nitrogens with one attached hydrogen (secondary N) is 3. The van der Waals surface area contributed by atoms with E-state index in [0.717, 1.165) is 55.6 Å². The number of dihydropyridines is 1. The molecule has 0 spiro atoms. The third-order valence-corrected chi connectivity index (χ3v) is 8.42. The van der Waals surface area contributed by atoms with Gasteiger partial charge in [0.05, 0.1) is 35.7 Å². The predicted molar refractivity (Wildman–Crippen MR) is 175 cm³/mol. The molecule has 2 amide bonds. The minimum atomic E-state index is -0.486. The average Bonchev–Trinajstić information content (AvgIpc) is 3.06. The molecule has 2 heterocycles. The number of nitrogens with two attached hydrogens (primary N) is 1. The summed E-state index contributed by atoms with van der Waals surface area (Å²) < 4.78 is 13.3. The summed E-state index contributed by atoms with van der Waals surface area (Å²) in [5.74, 6) is -0.403. The first-order chi connectivity index (χ1) is 21.7. The molecule has 2 aliphatic rings. The highest BCUT2D eigenvalue weighted by Gasteiger charge is 2.25. The summed E-state index contributed by atoms with van der Waals surface area (Å²) in [6.45, 7) is 10.1. The number of amides is 2. The maximum absolute atomic E-state index is 13.3. The summed E-state index contributed by atoms with van der Waals surface area (Å²) in [4.78, 5) is 37.2. The Morgan fingerprint density at radius 2 is 1.96 bits per heavy atom. The Bertz CT molecular complexity index is 1490. The number of halogens is 1. The number of nitriles is 1. The molecule has 1 aliphatic carbocycles. The fourth-order valence-electron chi connectivity index (χ4n) is 5.50. The van der Waals surface area contributed by atoms with Crippen LogP contribution < -0.4 is 21.7 Å². The summed E-state index contributed by atoms with van der Waals surface area (Å²) in [5, 5.41) is 18.7. The monoisotopic (exact) mass is 614 g/mol. The minimum Gasteiger partial charge on any atom is -0.383 e. The van der Waals surface area contributed by atoms with Crippen LogP contribution in [-0.4, -0.2) is 66.8 Å². The number of amidine groups is 1. The molecule has 10 nitrogen and oxygen atoms in total. The lowest BCUT2D eigenvalue weighted by atomic mass is 9.86. The second-order valence-electron chi connectivity index (χ2n) is 11.4. The van der Waals surface area contributed by atoms with E-state index in [2.05, 4.69) is 56.8 Å². The van der Waals surface area contributed by atoms with E-state index in [1.165, 1.54) is 12.1 Å². The number of likely N-dealkylation sites (N-methyl/N-ethyl adjacent to an activating group) is 1. The first-order valence-corrected chi connectivity index (χ1v) is 15.6. The molecule has 4 rings (SSSR count). The molecule has 2 unspecified atom stereocenters. The Morgan fingerprint density at radius 1 is 1.20 bits per heavy atom. The van der Waals surface area contributed by atoms with Gasteiger partial charge in [-0.15, -0.1) is 0 Å². The van der Waals surface area contributed by atoms with Crippen molar-refractivity contribution in [1.29, 1.82) is 5.26 Å². The average molecular weight is 615 g/mol. The van der Waals surface area contributed by atoms with Gasteiger partial charge in [-0.1, -0.05) is 32.1 Å². The summed E-state index contributed by atoms with van der Waals surface area (Å²) in [5.41, 5.74) is 9.57. The normalized spacial score (nSPS) is 18.6. The molecule has 5 N–H and O–H groups in total. The number of allylic oxidation sites excluding steroid dienone is 2. The number of aromatic nitrogens is 1. The molecule has 238 valence electrons. The number of rotatable bonds is 12. The van der Waals surface area contributed by atoms with E-state index in [-0.39, 0.29) is 36.0 Å². The van der Waals surface area contributed by atoms with Crippen molar-refractivity contribution in [2.45, 2.75) is 46.1 Å². The second kappa shape index (κ2) is 16.0. The van der Waals surface area contributed by atoms with Crippen LogP contribution in [0.5, 0.6) is 0 Å². The van der Waals surface area contributed by atoms with Crippen LogP contribution in [0.1, 0.15) is 67.6 Å². The van der Waals surface area contributed by atoms with Gasteiger partial charge < -0.3 is 26.6 Å². The minimum absolute atomic E-state index is 0.212. The zero-order chi connectivity index (χ0) is 32.3. The predicted octanol–water partition coefficient (Wildman–Crippen LogP) is 4.00. The number of pyridine rings is 1. The zero-order valence-electron chi connectivity index (χ0n) is 26.3. The van der Waals surface area contributed by atoms with E-state index in [1.54, 1.807) is 24.4 Å². The first-order valence-electron chi connectivity index (χ1n) is 15.6. The maximum atomic E-state index is 13.3. The van der Waals surface area contributed by atoms with Crippen LogP contribution in [0.3, 0.4) is 0 Å². The van der Waals surface area contributed by atoms with E-state index in [9.17, 15) is 19.2 Å². The van der Waals surface area contributed by atoms with Crippen molar-refractivity contribution >= 4 is 29.0 Å². The highest BCUT2D eigenvalue weighted by molar-refractivity contribution is 6.21. The summed E-state index contributed by atoms with van der Waals surface area (Å²) in [7, 11) is 0. The molecule has 0 bridgehead atoms. The van der Waals surface area contributed by atoms with E-state index >= 15 is 0 Å². The molecule has 0 saturated heterocycles. The largest absolute Gasteiger partial charge is 0.383 e. The molecule has 1 aromatic carbocycles. The second-order valence-corrected chi connectivity index (χ2v) is 11.4. The van der Waals surface area contributed by atoms with Crippen LogP contribution in [0.15, 0.2) is 59.2 Å². The van der Waals surface area contributed by atoms with Crippen molar-refractivity contribution in [1.82, 2.24) is 25.8 Å². The van der Waals surface area contributed by atoms with Gasteiger partial charge in [-0.25, -0.2) is 9.37 Å². The van der Waals surface area contributed by atoms with E-state index in [4.69, 9.17) is 5.73 Å². The van der Waals surface area contributed by atoms with Crippen molar-refractivity contribution in [2.75, 3.05) is 45.0 Å². The lowest BCUT2D eigenvalue weighted by Crippen LogP contribution is -2.40. The fourth-order valence-corrected chi connectivity index (χ4v) is 5.50. The number of carbonyl (C=O) groups is 2. The van der Waals surface area contributed by atoms with Gasteiger partial charge in [-0.2, -0.15) is 5.26 Å². The quantitative estimate of drug-likeness (QED) is 0.282. The number of aliphatic imine (C=N–C) groups is 1. The van der Waals surface area contributed by atoms with Crippen molar-refractivity contribution < 1.29 is 14.0 Å². The molecule has 3 atom stereocenters. The van der Waals surface area contributed by atoms with Gasteiger partial charge >= 0.3 is 0 Å². The smallest absolute Gasteiger partial charge is 0.255 e. The lowest BCUT2D eigenvalue weighted by molar-refractivity contribution is -0.117. The topological polar surface area (TPSA) is 149 Å². The van der Waals surface area contributed by atoms with Crippen LogP contribution in [0.2, 0.25) is 0 Å². The van der Waals surface area contributed by atoms with Crippen molar-refractivity contribution in [3.05, 3.63) is 76.8 Å². The van der Waals surface area contributed by atoms with Crippen molar-refractivity contribution in [3.63, 3.8) is 0 Å². The number of hydrogen-bond acceptors (Lipinski definition) is 8. The molecule has 11 heteroatoms. The number of nitrogens with zero attached hydrogens (tertiary/aromatic N) is 4. The van der Waals surface area contributed by atoms with Crippen molar-refractivity contribution in [2.24, 2.45) is 16.8 Å². The van der Waals surface area contributed by atoms with Crippen LogP contribution in [-0.2, 0) is 4.79 Å². The van der Waals surface area contributed by atoms with Gasteiger partial charge in [-0.05, 0) is 86.2 Å². The van der Waals surface area contributed by atoms with Crippen molar-refractivity contribution in [3.8, 4) is 6.07 Å². The molecule has 0 saturated carbocycles. The Morgan fingerprint density at radius 3 is 2.62 bits per heavy atom. The Labute approximate surface area is 264 Å². The zero-order valence-corrected chi connectivity index (χ0v) is 26.3. The van der Waals surface area contributed by atoms with Gasteiger partial charge in [0, 0.05) is 25.8 Å². The fraction of sp³-hybridized carbons (Fsp3) is 0.441. The Kier molecular flexibility index (Phi) is 11.8. The number of hydrogen-bond donors (Lipinski definition) is 4. The number of nitrogen functional groups attached to an aromatic ring is 1. The maximum Gasteiger partial charge on any atom is 0.255 e. The van der Waals surface area contributed by atoms with E-state index in [0.29, 0.717) is 36.0 Å². The standard InChI is InChI=1S/C34H43FN8O2/c1-4-43(5-2)15-14-38-33(44)29-17-27(21-39-31(29)37)26-8-6-23(7-9-26)19-40-32-30(16-24(18-36)20-41-32)34(45)42-22(3)25-10-12-28(35)13-11-25/h8,10-13,16-17,21-24H,4-7,9,14-15,19-20H2,1-3H3,(H2,37,39)(H,38,44)(H,40,41)(H,42,45)/t22-,23?,24?/m0/s1. The SMILES string of the molecule is CCN(CC)CCNC(=O)c1cc(C2=CCC(CNC3=NCC(C#N)C=C3C(=O)N[C@@H](C)c3ccc(F)cc3)CC2)cnc1N. The van der Waals surface area contributed by atoms with Gasteiger partial charge in [0.15, 0.2) is 0 Å². The summed E-state index contributed by atoms with van der Waals surface area (Å²) in [6, 6.07) is 9.63. The van der Waals surface area contributed by atoms with Crippen LogP contribution >= 0.6 is 0 Å². The van der Waals surface area contributed by atoms with Crippen LogP contribution in [0, 0.1) is 29.0 Å². The van der Waals surface area contributed by atoms with Gasteiger partial charge in [0.2, 0.25) is 0 Å². The molecule has 45 heavy (non-hydrogen) atoms. The van der Waals surface area contributed by atoms with Crippen LogP contribution in [0.25, 0.3) is 5.57 Å². The van der Waals surface area contributed by atoms with E-state index in [1.807, 2.05) is 13.0 Å². The summed E-state index contributed by atoms with van der Waals surface area (Å²) >= 11 is 0. The highest BCUT2D eigenvalue weighted by Crippen LogP contribution is 2.31. The molecule has 0 radical (unpaired) electrons. The number of benzene rings is 1. The molecular formula is C34H43FN8O2. The first kappa shape index (κ1) is 33.3. The molecule has 1 aromatic heterocycles. The molecule has 2 aromatic rings. The number of anilines is 1. The summed E-state index contributed by atoms with van der Waals surface area (Å²) in [6.07, 6.45) is 8.06. The van der Waals surface area contributed by atoms with Gasteiger partial charge in [0.25, 0.3) is 11.8 Å². The van der Waals surface area contributed by atoms with Crippen LogP contribution in [0.4, 0.5) is 10.2 Å². The Hall–Kier alpha value is -4.56. The molecular weight excluding hydrogens is 571 g/mol. The molecule has 1 aliphatic heterocycles. The third-order valence-electron chi connectivity index (χ3n) is 8.42. The third kappa shape index (κ3) is 8.99. The molecule has 0 fully saturated rings. The lowest BCUT2D eigenvalue weighted by Gasteiger charge is -2.25. The van der Waals surface area contributed by atoms with E-state index < -0.39 is 5.92 Å². The number of carbonyl (C=O) groups excluding carboxylic acids is 2.